The van der Waals surface area contributed by atoms with Gasteiger partial charge in [0.25, 0.3) is 31.6 Å². The van der Waals surface area contributed by atoms with E-state index in [1.54, 1.807) is 30.3 Å². The summed E-state index contributed by atoms with van der Waals surface area (Å²) in [7, 11) is 9.97. The SMILES string of the molecule is Cc1cc(F)ccc1-c1c2cc(C3CCCC3)ccc2nc[n+]1C.Cc1cc(F)ccc1-c1c2cc(CC(C)C)ccc2nc[n+]1C.Cc1cc(F)ccc1-c1c2ccc(C3CCCC3)cc2nc[n+]1C.Cc1cc(F)ccc1-c1c2ccc(CC(C)C)cc2nc[n+]1C.Cc1cc(F)ccc1-c1c2cccc(C3CCCC3)c2nc[n+]1C. The Labute approximate surface area is 691 Å². The number of aryl methyl sites for hydroxylation is 10. The molecule has 15 heteroatoms. The van der Waals surface area contributed by atoms with Gasteiger partial charge in [0, 0.05) is 33.4 Å². The van der Waals surface area contributed by atoms with Crippen molar-refractivity contribution in [1.82, 2.24) is 24.9 Å². The van der Waals surface area contributed by atoms with Gasteiger partial charge in [-0.1, -0.05) is 103 Å². The highest BCUT2D eigenvalue weighted by Crippen LogP contribution is 2.42. The minimum Gasteiger partial charge on any atom is -0.232 e. The second kappa shape index (κ2) is 36.6. The molecular weight excluding hydrogens is 1470 g/mol. The molecule has 0 aliphatic heterocycles. The molecule has 10 nitrogen and oxygen atoms in total. The van der Waals surface area contributed by atoms with Crippen LogP contribution in [0.25, 0.3) is 111 Å². The first kappa shape index (κ1) is 83.1. The summed E-state index contributed by atoms with van der Waals surface area (Å²) in [5.74, 6) is 2.21. The van der Waals surface area contributed by atoms with Crippen LogP contribution in [0, 0.1) is 75.5 Å². The van der Waals surface area contributed by atoms with E-state index in [0.29, 0.717) is 29.6 Å². The van der Waals surface area contributed by atoms with Crippen molar-refractivity contribution in [2.24, 2.45) is 47.1 Å². The first-order valence-electron chi connectivity index (χ1n) is 42.0. The first-order chi connectivity index (χ1) is 56.8. The number of rotatable bonds is 12. The number of hydrogen-bond acceptors (Lipinski definition) is 5. The smallest absolute Gasteiger partial charge is 0.232 e. The van der Waals surface area contributed by atoms with Crippen LogP contribution in [0.2, 0.25) is 0 Å². The van der Waals surface area contributed by atoms with E-state index in [0.717, 1.165) is 151 Å². The van der Waals surface area contributed by atoms with Crippen molar-refractivity contribution in [3.8, 4) is 56.3 Å². The lowest BCUT2D eigenvalue weighted by atomic mass is 9.93. The maximum atomic E-state index is 13.5. The zero-order chi connectivity index (χ0) is 83.2. The van der Waals surface area contributed by atoms with Crippen LogP contribution in [0.5, 0.6) is 0 Å². The van der Waals surface area contributed by atoms with Gasteiger partial charge >= 0.3 is 0 Å². The van der Waals surface area contributed by atoms with Crippen molar-refractivity contribution < 1.29 is 44.8 Å². The highest BCUT2D eigenvalue weighted by atomic mass is 19.1. The van der Waals surface area contributed by atoms with Crippen LogP contribution in [-0.4, -0.2) is 24.9 Å². The minimum absolute atomic E-state index is 0.191. The van der Waals surface area contributed by atoms with Gasteiger partial charge in [-0.15, -0.1) is 0 Å². The van der Waals surface area contributed by atoms with Gasteiger partial charge in [-0.3, -0.25) is 0 Å². The van der Waals surface area contributed by atoms with Crippen LogP contribution in [0.3, 0.4) is 0 Å². The Hall–Kier alpha value is -11.5. The predicted molar refractivity (Wildman–Crippen MR) is 466 cm³/mol. The van der Waals surface area contributed by atoms with Gasteiger partial charge in [0.05, 0.1) is 62.2 Å². The lowest BCUT2D eigenvalue weighted by Gasteiger charge is -2.13. The summed E-state index contributed by atoms with van der Waals surface area (Å²) in [6.07, 6.45) is 26.9. The minimum atomic E-state index is -0.202. The molecule has 0 bridgehead atoms. The van der Waals surface area contributed by atoms with Crippen LogP contribution < -0.4 is 22.8 Å². The molecule has 0 atom stereocenters. The summed E-state index contributed by atoms with van der Waals surface area (Å²) in [6.45, 7) is 18.7. The summed E-state index contributed by atoms with van der Waals surface area (Å²) in [5.41, 5.74) is 27.3. The Morgan fingerprint density at radius 3 is 1.02 bits per heavy atom. The van der Waals surface area contributed by atoms with Crippen molar-refractivity contribution in [1.29, 1.82) is 0 Å². The molecule has 5 heterocycles. The highest BCUT2D eigenvalue weighted by molar-refractivity contribution is 5.96. The number of halogens is 5. The fourth-order valence-electron chi connectivity index (χ4n) is 18.3. The molecule has 15 aromatic rings. The molecular formula is C103H110F5N10+5. The van der Waals surface area contributed by atoms with Gasteiger partial charge in [0.1, 0.15) is 57.6 Å². The number of nitrogens with zero attached hydrogens (tertiary/aromatic N) is 10. The number of para-hydroxylation sites is 1. The third-order valence-corrected chi connectivity index (χ3v) is 24.1. The third-order valence-electron chi connectivity index (χ3n) is 24.1. The van der Waals surface area contributed by atoms with E-state index >= 15 is 0 Å². The molecule has 10 aromatic carbocycles. The second-order valence-electron chi connectivity index (χ2n) is 34.0. The normalized spacial score (nSPS) is 13.8. The summed E-state index contributed by atoms with van der Waals surface area (Å²) >= 11 is 0. The number of benzene rings is 10. The van der Waals surface area contributed by atoms with Crippen LogP contribution in [0.1, 0.15) is 178 Å². The zero-order valence-corrected chi connectivity index (χ0v) is 70.9. The molecule has 3 aliphatic rings. The van der Waals surface area contributed by atoms with E-state index in [1.807, 2.05) is 155 Å². The van der Waals surface area contributed by atoms with E-state index in [4.69, 9.17) is 4.98 Å². The van der Waals surface area contributed by atoms with Crippen LogP contribution >= 0.6 is 0 Å². The van der Waals surface area contributed by atoms with Crippen molar-refractivity contribution in [2.45, 2.75) is 170 Å². The van der Waals surface area contributed by atoms with Gasteiger partial charge in [-0.25, -0.2) is 44.8 Å². The van der Waals surface area contributed by atoms with E-state index in [-0.39, 0.29) is 29.1 Å². The summed E-state index contributed by atoms with van der Waals surface area (Å²) < 4.78 is 77.6. The maximum absolute atomic E-state index is 13.5. The largest absolute Gasteiger partial charge is 0.287 e. The van der Waals surface area contributed by atoms with Crippen molar-refractivity contribution in [2.75, 3.05) is 0 Å². The third kappa shape index (κ3) is 18.6. The Bertz CT molecular complexity index is 6150. The van der Waals surface area contributed by atoms with Gasteiger partial charge in [0.2, 0.25) is 0 Å². The number of fused-ring (bicyclic) bond motifs is 5. The molecule has 0 unspecified atom stereocenters. The van der Waals surface area contributed by atoms with E-state index in [1.165, 1.54) is 135 Å². The van der Waals surface area contributed by atoms with Gasteiger partial charge in [-0.05, 0) is 336 Å². The van der Waals surface area contributed by atoms with Gasteiger partial charge in [0.15, 0.2) is 27.6 Å². The van der Waals surface area contributed by atoms with E-state index in [9.17, 15) is 22.0 Å². The Morgan fingerprint density at radius 2 is 0.610 bits per heavy atom. The first-order valence-corrected chi connectivity index (χ1v) is 42.0. The average Bonchev–Trinajstić information content (AvgIpc) is 0.939. The lowest BCUT2D eigenvalue weighted by molar-refractivity contribution is -0.662. The molecule has 602 valence electrons. The quantitative estimate of drug-likeness (QED) is 0.0899. The monoisotopic (exact) mass is 1580 g/mol. The van der Waals surface area contributed by atoms with Gasteiger partial charge < -0.3 is 0 Å². The Morgan fingerprint density at radius 1 is 0.297 bits per heavy atom. The molecule has 0 N–H and O–H groups in total. The molecule has 3 saturated carbocycles. The Balaban J connectivity index is 0.000000121. The molecule has 3 aliphatic carbocycles. The standard InChI is InChI=1S/3C21H22FN2.2C20H22FN2/c1-14-12-16(22)10-11-17(14)21-19-9-5-8-18(15-6-3-4-7-15)20(19)23-13-24(21)2;1-14-11-17(22)8-9-18(14)21-19-12-16(15-5-3-4-6-15)7-10-20(19)23-13-24(21)2;1-14-11-17(22)8-10-18(14)21-19-9-7-16(15-5-3-4-6-15)12-20(19)23-13-24(21)2;1-13(2)9-15-5-8-19-18(11-15)20(23(4)12-22-19)17-7-6-16(21)10-14(17)3;1-13(2)9-15-5-7-18-19(11-15)22-12-23(4)20(18)17-8-6-16(21)10-14(17)3/h5,8-13,15H,3-4,6-7H2,1-2H3;2*7-13,15H,3-6H2,1-2H3;2*5-8,10-13H,9H2,1-4H3/q5*+1. The molecule has 5 aromatic heterocycles. The summed E-state index contributed by atoms with van der Waals surface area (Å²) in [6, 6.07) is 57.7. The molecule has 0 saturated heterocycles. The fraction of sp³-hybridized carbons (Fsp3) is 0.320. The highest BCUT2D eigenvalue weighted by Gasteiger charge is 2.29. The molecule has 18 rings (SSSR count). The number of hydrogen-bond donors (Lipinski definition) is 0. The fourth-order valence-corrected chi connectivity index (χ4v) is 18.3. The average molecular weight is 1580 g/mol. The summed E-state index contributed by atoms with van der Waals surface area (Å²) in [5, 5.41) is 5.63. The zero-order valence-electron chi connectivity index (χ0n) is 70.9. The predicted octanol–water partition coefficient (Wildman–Crippen LogP) is 23.2. The van der Waals surface area contributed by atoms with E-state index < -0.39 is 0 Å². The van der Waals surface area contributed by atoms with E-state index in [2.05, 4.69) is 139 Å². The molecule has 0 spiro atoms. The maximum Gasteiger partial charge on any atom is 0.287 e. The molecule has 0 radical (unpaired) electrons. The topological polar surface area (TPSA) is 83.8 Å². The van der Waals surface area contributed by atoms with Crippen LogP contribution in [0.15, 0.2) is 214 Å². The van der Waals surface area contributed by atoms with Crippen LogP contribution in [-0.2, 0) is 48.1 Å². The molecule has 3 fully saturated rings. The molecule has 0 amide bonds. The Kier molecular flexibility index (Phi) is 25.8. The molecule has 118 heavy (non-hydrogen) atoms. The lowest BCUT2D eigenvalue weighted by Crippen LogP contribution is -2.32. The van der Waals surface area contributed by atoms with Crippen molar-refractivity contribution in [3.05, 3.63) is 298 Å². The number of aromatic nitrogens is 10. The second-order valence-corrected chi connectivity index (χ2v) is 34.0. The summed E-state index contributed by atoms with van der Waals surface area (Å²) in [4.78, 5) is 23.0. The van der Waals surface area contributed by atoms with Crippen molar-refractivity contribution in [3.63, 3.8) is 0 Å². The van der Waals surface area contributed by atoms with Crippen molar-refractivity contribution >= 4 is 54.5 Å². The van der Waals surface area contributed by atoms with Crippen LogP contribution in [0.4, 0.5) is 22.0 Å². The van der Waals surface area contributed by atoms with Gasteiger partial charge in [-0.2, -0.15) is 0 Å².